The minimum atomic E-state index is -2.79. The third kappa shape index (κ3) is 10.5. The smallest absolute Gasteiger partial charge is 0.329 e. The number of aryl methyl sites for hydroxylation is 2. The van der Waals surface area contributed by atoms with Crippen molar-refractivity contribution in [3.8, 4) is 11.8 Å². The summed E-state index contributed by atoms with van der Waals surface area (Å²) < 4.78 is 32.1. The monoisotopic (exact) mass is 947 g/mol. The number of piperidine rings is 3. The molecular formula is C51H63F2N11O5. The molecule has 3 fully saturated rings. The number of aromatic nitrogens is 2. The number of amides is 4. The summed E-state index contributed by atoms with van der Waals surface area (Å²) in [6.45, 7) is 6.52. The van der Waals surface area contributed by atoms with E-state index in [0.717, 1.165) is 74.8 Å². The highest BCUT2D eigenvalue weighted by molar-refractivity contribution is 6.11. The lowest BCUT2D eigenvalue weighted by Crippen LogP contribution is -2.48. The van der Waals surface area contributed by atoms with E-state index in [9.17, 15) is 38.2 Å². The Labute approximate surface area is 401 Å². The number of nitrogens with zero attached hydrogens (tertiary/aromatic N) is 6. The molecule has 3 saturated heterocycles. The first-order valence-electron chi connectivity index (χ1n) is 24.2. The SMILES string of the molecule is CN/C=C(\C=N)c1cc2c(cc1C(F)F)N(C(=N)C1=C(NC3CCN(C(=O)CCCN4CCC(C#Cc5cccc6c5n(C)c(=O)n6C5CCC(=O)NC5=O)CC4)CC3)CCN(C(C)=O)C1)CCC2. The van der Waals surface area contributed by atoms with Crippen LogP contribution in [0.2, 0.25) is 0 Å². The lowest BCUT2D eigenvalue weighted by atomic mass is 9.91. The van der Waals surface area contributed by atoms with Crippen LogP contribution in [0, 0.1) is 28.6 Å². The third-order valence-electron chi connectivity index (χ3n) is 14.4. The number of allylic oxidation sites excluding steroid dienone is 1. The van der Waals surface area contributed by atoms with E-state index in [1.807, 2.05) is 23.1 Å². The minimum Gasteiger partial charge on any atom is -0.393 e. The molecule has 0 spiro atoms. The molecule has 18 heteroatoms. The number of hydrogen-bond acceptors (Lipinski definition) is 10. The van der Waals surface area contributed by atoms with Gasteiger partial charge in [0.1, 0.15) is 11.9 Å². The molecule has 0 aliphatic carbocycles. The number of benzene rings is 2. The average Bonchev–Trinajstić information content (AvgIpc) is 3.60. The van der Waals surface area contributed by atoms with E-state index >= 15 is 0 Å². The molecule has 4 amide bonds. The van der Waals surface area contributed by atoms with Gasteiger partial charge in [-0.1, -0.05) is 17.9 Å². The number of amidine groups is 1. The van der Waals surface area contributed by atoms with Crippen molar-refractivity contribution in [3.05, 3.63) is 80.5 Å². The van der Waals surface area contributed by atoms with Crippen molar-refractivity contribution in [2.45, 2.75) is 96.1 Å². The molecule has 16 nitrogen and oxygen atoms in total. The maximum absolute atomic E-state index is 14.6. The van der Waals surface area contributed by atoms with Gasteiger partial charge >= 0.3 is 5.69 Å². The Morgan fingerprint density at radius 3 is 2.43 bits per heavy atom. The highest BCUT2D eigenvalue weighted by atomic mass is 19.3. The van der Waals surface area contributed by atoms with Crippen LogP contribution in [-0.4, -0.2) is 125 Å². The number of halogens is 2. The highest BCUT2D eigenvalue weighted by Crippen LogP contribution is 2.38. The average molecular weight is 948 g/mol. The molecule has 5 aliphatic heterocycles. The first-order valence-corrected chi connectivity index (χ1v) is 24.2. The molecule has 1 aromatic heterocycles. The van der Waals surface area contributed by atoms with Gasteiger partial charge in [-0.3, -0.25) is 39.0 Å². The van der Waals surface area contributed by atoms with E-state index in [1.165, 1.54) is 28.3 Å². The fraction of sp³-hybridized carbons (Fsp3) is 0.510. The number of likely N-dealkylation sites (tertiary alicyclic amines) is 2. The maximum Gasteiger partial charge on any atom is 0.329 e. The van der Waals surface area contributed by atoms with E-state index in [0.29, 0.717) is 85.3 Å². The van der Waals surface area contributed by atoms with Crippen LogP contribution in [0.4, 0.5) is 14.5 Å². The molecule has 8 rings (SSSR count). The Morgan fingerprint density at radius 2 is 1.74 bits per heavy atom. The van der Waals surface area contributed by atoms with Gasteiger partial charge in [0.2, 0.25) is 23.6 Å². The van der Waals surface area contributed by atoms with Crippen molar-refractivity contribution in [1.82, 2.24) is 39.8 Å². The number of carbonyl (C=O) groups is 4. The number of imidazole rings is 1. The molecular weight excluding hydrogens is 885 g/mol. The van der Waals surface area contributed by atoms with Crippen molar-refractivity contribution in [2.75, 3.05) is 64.3 Å². The number of imide groups is 1. The zero-order chi connectivity index (χ0) is 48.9. The van der Waals surface area contributed by atoms with E-state index in [2.05, 4.69) is 32.7 Å². The second-order valence-electron chi connectivity index (χ2n) is 18.8. The molecule has 0 radical (unpaired) electrons. The summed E-state index contributed by atoms with van der Waals surface area (Å²) in [4.78, 5) is 71.6. The number of para-hydroxylation sites is 1. The maximum atomic E-state index is 14.6. The van der Waals surface area contributed by atoms with Gasteiger partial charge in [-0.15, -0.1) is 0 Å². The molecule has 5 N–H and O–H groups in total. The number of carbonyl (C=O) groups excluding carboxylic acids is 4. The summed E-state index contributed by atoms with van der Waals surface area (Å²) in [6, 6.07) is 8.04. The molecule has 1 atom stereocenters. The molecule has 1 unspecified atom stereocenters. The van der Waals surface area contributed by atoms with Crippen LogP contribution >= 0.6 is 0 Å². The van der Waals surface area contributed by atoms with Crippen LogP contribution in [0.3, 0.4) is 0 Å². The standard InChI is InChI=1S/C51H63F2N11O5/c1-32(65)62-26-19-41(40(31-62)49(55)63-21-5-8-35-27-38(36(29-54)30-56-2)39(48(52)53)28-44(35)63)57-37-17-24-61(25-18-37)46(67)10-6-20-60-22-15-33(16-23-60)11-12-34-7-4-9-42-47(34)59(3)51(69)64(42)43-13-14-45(66)58-50(43)68/h4,7,9,27-30,33,37,43,48,54-57H,5-6,8,10,13-26,31H2,1-3H3,(H,58,66,68)/b36-30+,54-29?,55-49?. The number of nitrogens with one attached hydrogen (secondary N) is 5. The van der Waals surface area contributed by atoms with Crippen molar-refractivity contribution in [3.63, 3.8) is 0 Å². The van der Waals surface area contributed by atoms with Gasteiger partial charge < -0.3 is 35.6 Å². The molecule has 3 aromatic rings. The first kappa shape index (κ1) is 48.8. The minimum absolute atomic E-state index is 0.0685. The third-order valence-corrected chi connectivity index (χ3v) is 14.4. The molecule has 6 heterocycles. The summed E-state index contributed by atoms with van der Waals surface area (Å²) in [7, 11) is 3.34. The lowest BCUT2D eigenvalue weighted by Gasteiger charge is -2.39. The zero-order valence-electron chi connectivity index (χ0n) is 39.8. The number of anilines is 1. The van der Waals surface area contributed by atoms with Gasteiger partial charge in [-0.2, -0.15) is 0 Å². The Hall–Kier alpha value is -6.61. The van der Waals surface area contributed by atoms with E-state index < -0.39 is 18.4 Å². The van der Waals surface area contributed by atoms with Crippen LogP contribution in [0.5, 0.6) is 0 Å². The van der Waals surface area contributed by atoms with Gasteiger partial charge in [0, 0.05) is 119 Å². The fourth-order valence-electron chi connectivity index (χ4n) is 10.6. The quantitative estimate of drug-likeness (QED) is 0.0733. The fourth-order valence-corrected chi connectivity index (χ4v) is 10.6. The van der Waals surface area contributed by atoms with Gasteiger partial charge in [0.15, 0.2) is 0 Å². The van der Waals surface area contributed by atoms with Crippen LogP contribution in [0.15, 0.2) is 52.6 Å². The zero-order valence-corrected chi connectivity index (χ0v) is 39.8. The van der Waals surface area contributed by atoms with Gasteiger partial charge in [0.05, 0.1) is 23.1 Å². The molecule has 366 valence electrons. The molecule has 0 saturated carbocycles. The van der Waals surface area contributed by atoms with Crippen LogP contribution in [0.25, 0.3) is 16.6 Å². The topological polar surface area (TPSA) is 192 Å². The second-order valence-corrected chi connectivity index (χ2v) is 18.8. The number of hydrogen-bond donors (Lipinski definition) is 5. The predicted octanol–water partition coefficient (Wildman–Crippen LogP) is 4.83. The van der Waals surface area contributed by atoms with Gasteiger partial charge in [-0.05, 0) is 106 Å². The van der Waals surface area contributed by atoms with Crippen molar-refractivity contribution >= 4 is 58.0 Å². The lowest BCUT2D eigenvalue weighted by molar-refractivity contribution is -0.136. The summed E-state index contributed by atoms with van der Waals surface area (Å²) in [5, 5.41) is 26.3. The first-order chi connectivity index (χ1) is 33.3. The number of alkyl halides is 2. The molecule has 5 aliphatic rings. The Kier molecular flexibility index (Phi) is 15.1. The number of rotatable bonds is 12. The molecule has 2 aromatic carbocycles. The van der Waals surface area contributed by atoms with E-state index in [-0.39, 0.29) is 66.2 Å². The Morgan fingerprint density at radius 1 is 0.971 bits per heavy atom. The van der Waals surface area contributed by atoms with Crippen molar-refractivity contribution < 1.29 is 28.0 Å². The molecule has 69 heavy (non-hydrogen) atoms. The van der Waals surface area contributed by atoms with Crippen LogP contribution in [-0.2, 0) is 32.6 Å². The predicted molar refractivity (Wildman–Crippen MR) is 261 cm³/mol. The van der Waals surface area contributed by atoms with E-state index in [1.54, 1.807) is 30.0 Å². The summed E-state index contributed by atoms with van der Waals surface area (Å²) in [5.74, 6) is 6.39. The summed E-state index contributed by atoms with van der Waals surface area (Å²) in [6.07, 6.45) is 6.63. The van der Waals surface area contributed by atoms with Gasteiger partial charge in [0.25, 0.3) is 6.43 Å². The van der Waals surface area contributed by atoms with Crippen LogP contribution < -0.4 is 26.5 Å². The van der Waals surface area contributed by atoms with E-state index in [4.69, 9.17) is 5.41 Å². The highest BCUT2D eigenvalue weighted by Gasteiger charge is 2.34. The summed E-state index contributed by atoms with van der Waals surface area (Å²) in [5.41, 5.74) is 5.05. The van der Waals surface area contributed by atoms with Crippen molar-refractivity contribution in [1.29, 1.82) is 10.8 Å². The Balaban J connectivity index is 0.833. The largest absolute Gasteiger partial charge is 0.393 e. The normalized spacial score (nSPS) is 19.9. The van der Waals surface area contributed by atoms with Crippen LogP contribution in [0.1, 0.15) is 106 Å². The molecule has 0 bridgehead atoms. The van der Waals surface area contributed by atoms with Crippen molar-refractivity contribution in [2.24, 2.45) is 13.0 Å². The number of fused-ring (bicyclic) bond motifs is 2. The summed E-state index contributed by atoms with van der Waals surface area (Å²) >= 11 is 0. The second kappa shape index (κ2) is 21.4. The van der Waals surface area contributed by atoms with Gasteiger partial charge in [-0.25, -0.2) is 13.6 Å². The Bertz CT molecular complexity index is 2710.